The summed E-state index contributed by atoms with van der Waals surface area (Å²) >= 11 is 0. The number of nitrogens with zero attached hydrogens (tertiary/aromatic N) is 3. The highest BCUT2D eigenvalue weighted by Gasteiger charge is 2.42. The van der Waals surface area contributed by atoms with Crippen LogP contribution < -0.4 is 0 Å². The Morgan fingerprint density at radius 3 is 2.64 bits per heavy atom. The van der Waals surface area contributed by atoms with Gasteiger partial charge in [-0.1, -0.05) is 18.2 Å². The van der Waals surface area contributed by atoms with Gasteiger partial charge < -0.3 is 9.47 Å². The van der Waals surface area contributed by atoms with Crippen molar-refractivity contribution in [2.45, 2.75) is 32.6 Å². The van der Waals surface area contributed by atoms with Gasteiger partial charge >= 0.3 is 11.9 Å². The number of allylic oxidation sites excluding steroid dienone is 1. The van der Waals surface area contributed by atoms with Gasteiger partial charge in [0.15, 0.2) is 0 Å². The fourth-order valence-corrected chi connectivity index (χ4v) is 3.99. The second-order valence-corrected chi connectivity index (χ2v) is 7.68. The molecule has 3 rings (SSSR count). The van der Waals surface area contributed by atoms with Crippen LogP contribution in [0.25, 0.3) is 0 Å². The quantitative estimate of drug-likeness (QED) is 0.259. The van der Waals surface area contributed by atoms with Gasteiger partial charge in [0, 0.05) is 41.9 Å². The van der Waals surface area contributed by atoms with Crippen LogP contribution in [0.15, 0.2) is 65.1 Å². The van der Waals surface area contributed by atoms with Crippen LogP contribution in [-0.4, -0.2) is 41.3 Å². The number of nitro benzene ring substituents is 1. The minimum Gasteiger partial charge on any atom is -0.468 e. The van der Waals surface area contributed by atoms with Gasteiger partial charge in [-0.3, -0.25) is 24.9 Å². The zero-order valence-electron chi connectivity index (χ0n) is 18.7. The third-order valence-corrected chi connectivity index (χ3v) is 5.51. The molecule has 9 nitrogen and oxygen atoms in total. The van der Waals surface area contributed by atoms with Crippen molar-refractivity contribution in [3.05, 3.63) is 81.3 Å². The molecule has 9 heteroatoms. The molecular weight excluding hydrogens is 426 g/mol. The minimum atomic E-state index is -0.904. The lowest BCUT2D eigenvalue weighted by molar-refractivity contribution is -0.384. The van der Waals surface area contributed by atoms with E-state index in [1.165, 1.54) is 25.3 Å². The van der Waals surface area contributed by atoms with Gasteiger partial charge in [0.25, 0.3) is 5.69 Å². The maximum absolute atomic E-state index is 13.1. The topological polar surface area (TPSA) is 121 Å². The van der Waals surface area contributed by atoms with Crippen molar-refractivity contribution >= 4 is 23.3 Å². The number of pyridine rings is 1. The zero-order valence-corrected chi connectivity index (χ0v) is 18.7. The van der Waals surface area contributed by atoms with E-state index in [9.17, 15) is 19.7 Å². The fourth-order valence-electron chi connectivity index (χ4n) is 3.99. The molecule has 1 aromatic carbocycles. The first-order valence-electron chi connectivity index (χ1n) is 10.5. The van der Waals surface area contributed by atoms with Gasteiger partial charge in [-0.25, -0.2) is 4.79 Å². The first kappa shape index (κ1) is 23.8. The number of esters is 2. The number of ether oxygens (including phenoxy) is 2. The molecule has 172 valence electrons. The normalized spacial score (nSPS) is 17.8. The molecule has 0 saturated carbocycles. The summed E-state index contributed by atoms with van der Waals surface area (Å²) in [5, 5.41) is 11.3. The Hall–Kier alpha value is -3.88. The SMILES string of the molecule is COC(=O)C1C(C)=NC(C)=C(C(=O)OCCCc2cccnc2)[C@@H]1c1cccc([N+](=O)[O-])c1. The van der Waals surface area contributed by atoms with E-state index in [-0.39, 0.29) is 17.9 Å². The molecule has 1 aliphatic rings. The molecule has 0 aliphatic carbocycles. The van der Waals surface area contributed by atoms with Gasteiger partial charge in [0.2, 0.25) is 0 Å². The summed E-state index contributed by atoms with van der Waals surface area (Å²) in [6, 6.07) is 9.67. The highest BCUT2D eigenvalue weighted by atomic mass is 16.6. The van der Waals surface area contributed by atoms with Crippen LogP contribution in [0, 0.1) is 16.0 Å². The number of methoxy groups -OCH3 is 1. The summed E-state index contributed by atoms with van der Waals surface area (Å²) < 4.78 is 10.5. The number of aromatic nitrogens is 1. The van der Waals surface area contributed by atoms with Gasteiger partial charge in [-0.15, -0.1) is 0 Å². The summed E-state index contributed by atoms with van der Waals surface area (Å²) in [7, 11) is 1.25. The fraction of sp³-hybridized carbons (Fsp3) is 0.333. The lowest BCUT2D eigenvalue weighted by atomic mass is 9.75. The van der Waals surface area contributed by atoms with Crippen LogP contribution in [0.1, 0.15) is 37.3 Å². The Labute approximate surface area is 191 Å². The van der Waals surface area contributed by atoms with Crippen molar-refractivity contribution in [3.8, 4) is 0 Å². The maximum Gasteiger partial charge on any atom is 0.336 e. The molecule has 1 unspecified atom stereocenters. The standard InChI is InChI=1S/C24H25N3O6/c1-15-20(23(28)32-3)22(18-9-4-10-19(13-18)27(30)31)21(16(2)26-15)24(29)33-12-6-8-17-7-5-11-25-14-17/h4-5,7,9-11,13-14,20,22H,6,8,12H2,1-3H3/t20?,22-/m1/s1. The Kier molecular flexibility index (Phi) is 7.66. The van der Waals surface area contributed by atoms with E-state index < -0.39 is 28.7 Å². The van der Waals surface area contributed by atoms with Crippen LogP contribution in [0.5, 0.6) is 0 Å². The summed E-state index contributed by atoms with van der Waals surface area (Å²) in [4.78, 5) is 45.1. The van der Waals surface area contributed by atoms with Crippen LogP contribution in [0.4, 0.5) is 5.69 Å². The maximum atomic E-state index is 13.1. The van der Waals surface area contributed by atoms with Crippen molar-refractivity contribution in [2.75, 3.05) is 13.7 Å². The Balaban J connectivity index is 1.89. The average Bonchev–Trinajstić information content (AvgIpc) is 2.81. The van der Waals surface area contributed by atoms with Gasteiger partial charge in [-0.2, -0.15) is 0 Å². The van der Waals surface area contributed by atoms with E-state index >= 15 is 0 Å². The molecule has 0 saturated heterocycles. The zero-order chi connectivity index (χ0) is 24.0. The van der Waals surface area contributed by atoms with E-state index in [0.29, 0.717) is 29.8 Å². The Morgan fingerprint density at radius 2 is 1.97 bits per heavy atom. The molecule has 0 bridgehead atoms. The third kappa shape index (κ3) is 5.49. The predicted molar refractivity (Wildman–Crippen MR) is 121 cm³/mol. The number of aliphatic imine (C=N–C) groups is 1. The molecule has 0 radical (unpaired) electrons. The van der Waals surface area contributed by atoms with E-state index in [1.807, 2.05) is 12.1 Å². The molecule has 0 N–H and O–H groups in total. The van der Waals surface area contributed by atoms with Crippen LogP contribution >= 0.6 is 0 Å². The number of nitro groups is 1. The third-order valence-electron chi connectivity index (χ3n) is 5.51. The molecule has 2 aromatic rings. The van der Waals surface area contributed by atoms with Crippen molar-refractivity contribution in [1.29, 1.82) is 0 Å². The number of benzene rings is 1. The van der Waals surface area contributed by atoms with E-state index in [4.69, 9.17) is 9.47 Å². The van der Waals surface area contributed by atoms with E-state index in [2.05, 4.69) is 9.98 Å². The monoisotopic (exact) mass is 451 g/mol. The number of aryl methyl sites for hydroxylation is 1. The number of hydrogen-bond donors (Lipinski definition) is 0. The molecule has 1 aromatic heterocycles. The summed E-state index contributed by atoms with van der Waals surface area (Å²) in [5.74, 6) is -2.91. The molecule has 0 amide bonds. The Morgan fingerprint density at radius 1 is 1.18 bits per heavy atom. The van der Waals surface area contributed by atoms with Crippen molar-refractivity contribution in [2.24, 2.45) is 10.9 Å². The number of hydrogen-bond acceptors (Lipinski definition) is 8. The smallest absolute Gasteiger partial charge is 0.336 e. The highest BCUT2D eigenvalue weighted by Crippen LogP contribution is 2.40. The Bertz CT molecular complexity index is 1110. The lowest BCUT2D eigenvalue weighted by Crippen LogP contribution is -2.36. The molecule has 1 aliphatic heterocycles. The minimum absolute atomic E-state index is 0.141. The van der Waals surface area contributed by atoms with Gasteiger partial charge in [-0.05, 0) is 43.9 Å². The predicted octanol–water partition coefficient (Wildman–Crippen LogP) is 3.79. The molecular formula is C24H25N3O6. The number of carbonyl (C=O) groups is 2. The van der Waals surface area contributed by atoms with Crippen molar-refractivity contribution in [1.82, 2.24) is 4.98 Å². The van der Waals surface area contributed by atoms with E-state index in [1.54, 1.807) is 32.3 Å². The van der Waals surface area contributed by atoms with E-state index in [0.717, 1.165) is 5.56 Å². The van der Waals surface area contributed by atoms with Gasteiger partial charge in [0.1, 0.15) is 5.92 Å². The molecule has 33 heavy (non-hydrogen) atoms. The first-order chi connectivity index (χ1) is 15.8. The van der Waals surface area contributed by atoms with Gasteiger partial charge in [0.05, 0.1) is 24.2 Å². The summed E-state index contributed by atoms with van der Waals surface area (Å²) in [5.41, 5.74) is 2.39. The average molecular weight is 451 g/mol. The van der Waals surface area contributed by atoms with Crippen LogP contribution in [-0.2, 0) is 25.5 Å². The highest BCUT2D eigenvalue weighted by molar-refractivity contribution is 6.07. The second kappa shape index (κ2) is 10.6. The lowest BCUT2D eigenvalue weighted by Gasteiger charge is -2.31. The number of carbonyl (C=O) groups excluding carboxylic acids is 2. The summed E-state index contributed by atoms with van der Waals surface area (Å²) in [6.45, 7) is 3.50. The first-order valence-corrected chi connectivity index (χ1v) is 10.5. The molecule has 2 atom stereocenters. The van der Waals surface area contributed by atoms with Crippen LogP contribution in [0.3, 0.4) is 0 Å². The van der Waals surface area contributed by atoms with Crippen molar-refractivity contribution < 1.29 is 24.0 Å². The molecule has 0 spiro atoms. The number of non-ortho nitro benzene ring substituents is 1. The van der Waals surface area contributed by atoms with Crippen molar-refractivity contribution in [3.63, 3.8) is 0 Å². The largest absolute Gasteiger partial charge is 0.468 e. The summed E-state index contributed by atoms with van der Waals surface area (Å²) in [6.07, 6.45) is 4.73. The van der Waals surface area contributed by atoms with Crippen LogP contribution in [0.2, 0.25) is 0 Å². The molecule has 0 fully saturated rings. The number of rotatable bonds is 8. The molecule has 2 heterocycles. The second-order valence-electron chi connectivity index (χ2n) is 7.68.